The SMILES string of the molecule is COc1cc(O)cc(Nc2nc3ccccc3nc2NS(=O)(=O)c2cccc(NC(=O)Cc3ccccn3)c2)c1. The molecule has 1 amide bonds. The number of carbonyl (C=O) groups is 1. The number of anilines is 4. The molecule has 0 saturated carbocycles. The van der Waals surface area contributed by atoms with E-state index in [-0.39, 0.29) is 34.6 Å². The van der Waals surface area contributed by atoms with Crippen LogP contribution in [0.5, 0.6) is 11.5 Å². The van der Waals surface area contributed by atoms with Gasteiger partial charge in [0.05, 0.1) is 29.5 Å². The molecule has 2 heterocycles. The van der Waals surface area contributed by atoms with Gasteiger partial charge in [0.15, 0.2) is 11.6 Å². The third kappa shape index (κ3) is 6.25. The third-order valence-electron chi connectivity index (χ3n) is 5.69. The van der Waals surface area contributed by atoms with Crippen molar-refractivity contribution in [3.8, 4) is 11.5 Å². The van der Waals surface area contributed by atoms with Gasteiger partial charge < -0.3 is 20.5 Å². The summed E-state index contributed by atoms with van der Waals surface area (Å²) in [6.07, 6.45) is 1.63. The van der Waals surface area contributed by atoms with Crippen molar-refractivity contribution >= 4 is 50.0 Å². The quantitative estimate of drug-likeness (QED) is 0.206. The van der Waals surface area contributed by atoms with Gasteiger partial charge in [-0.05, 0) is 42.5 Å². The number of aromatic nitrogens is 3. The van der Waals surface area contributed by atoms with E-state index in [9.17, 15) is 18.3 Å². The van der Waals surface area contributed by atoms with E-state index < -0.39 is 10.0 Å². The molecule has 3 aromatic carbocycles. The molecule has 0 aliphatic carbocycles. The summed E-state index contributed by atoms with van der Waals surface area (Å²) >= 11 is 0. The summed E-state index contributed by atoms with van der Waals surface area (Å²) in [5, 5.41) is 15.8. The number of nitrogens with one attached hydrogen (secondary N) is 3. The molecule has 0 atom stereocenters. The van der Waals surface area contributed by atoms with Crippen molar-refractivity contribution in [2.75, 3.05) is 22.5 Å². The molecule has 0 spiro atoms. The van der Waals surface area contributed by atoms with Crippen molar-refractivity contribution in [2.24, 2.45) is 0 Å². The van der Waals surface area contributed by atoms with Crippen molar-refractivity contribution in [3.05, 3.63) is 96.8 Å². The maximum absolute atomic E-state index is 13.4. The van der Waals surface area contributed by atoms with E-state index in [4.69, 9.17) is 4.74 Å². The Bertz CT molecular complexity index is 1800. The fraction of sp³-hybridized carbons (Fsp3) is 0.0714. The molecule has 202 valence electrons. The number of amides is 1. The number of phenolic OH excluding ortho intramolecular Hbond substituents is 1. The average Bonchev–Trinajstić information content (AvgIpc) is 2.93. The Balaban J connectivity index is 1.43. The number of hydrogen-bond donors (Lipinski definition) is 4. The van der Waals surface area contributed by atoms with Crippen molar-refractivity contribution < 1.29 is 23.1 Å². The Morgan fingerprint density at radius 1 is 0.875 bits per heavy atom. The van der Waals surface area contributed by atoms with E-state index in [0.29, 0.717) is 33.9 Å². The minimum atomic E-state index is -4.17. The highest BCUT2D eigenvalue weighted by Crippen LogP contribution is 2.31. The zero-order valence-corrected chi connectivity index (χ0v) is 22.0. The fourth-order valence-electron chi connectivity index (χ4n) is 3.87. The van der Waals surface area contributed by atoms with Crippen LogP contribution < -0.4 is 20.1 Å². The van der Waals surface area contributed by atoms with Crippen LogP contribution in [0.2, 0.25) is 0 Å². The van der Waals surface area contributed by atoms with Crippen LogP contribution in [0.1, 0.15) is 5.69 Å². The second-order valence-electron chi connectivity index (χ2n) is 8.63. The summed E-state index contributed by atoms with van der Waals surface area (Å²) in [6.45, 7) is 0. The first-order valence-electron chi connectivity index (χ1n) is 12.0. The normalized spacial score (nSPS) is 11.1. The molecule has 11 nitrogen and oxygen atoms in total. The van der Waals surface area contributed by atoms with Crippen molar-refractivity contribution in [2.45, 2.75) is 11.3 Å². The highest BCUT2D eigenvalue weighted by atomic mass is 32.2. The maximum Gasteiger partial charge on any atom is 0.263 e. The predicted octanol–water partition coefficient (Wildman–Crippen LogP) is 4.46. The molecule has 0 unspecified atom stereocenters. The Labute approximate surface area is 230 Å². The molecule has 5 rings (SSSR count). The van der Waals surface area contributed by atoms with Gasteiger partial charge in [-0.3, -0.25) is 14.5 Å². The largest absolute Gasteiger partial charge is 0.508 e. The molecule has 0 fully saturated rings. The summed E-state index contributed by atoms with van der Waals surface area (Å²) < 4.78 is 34.6. The first-order valence-corrected chi connectivity index (χ1v) is 13.5. The number of carbonyl (C=O) groups excluding carboxylic acids is 1. The summed E-state index contributed by atoms with van der Waals surface area (Å²) in [7, 11) is -2.70. The van der Waals surface area contributed by atoms with Crippen LogP contribution in [-0.4, -0.2) is 41.5 Å². The van der Waals surface area contributed by atoms with Gasteiger partial charge in [0.25, 0.3) is 10.0 Å². The standard InChI is InChI=1S/C28H24N6O5S/c1-39-22-14-20(13-21(35)17-22)31-27-28(33-25-11-3-2-10-24(25)32-27)34-40(37,38)23-9-6-8-19(15-23)30-26(36)16-18-7-4-5-12-29-18/h2-15,17,35H,16H2,1H3,(H,30,36)(H,31,32)(H,33,34). The van der Waals surface area contributed by atoms with E-state index in [0.717, 1.165) is 0 Å². The monoisotopic (exact) mass is 556 g/mol. The molecule has 40 heavy (non-hydrogen) atoms. The van der Waals surface area contributed by atoms with Gasteiger partial charge in [-0.25, -0.2) is 18.4 Å². The first kappa shape index (κ1) is 26.4. The number of benzene rings is 3. The molecule has 0 aliphatic rings. The fourth-order valence-corrected chi connectivity index (χ4v) is 4.92. The minimum Gasteiger partial charge on any atom is -0.508 e. The van der Waals surface area contributed by atoms with Gasteiger partial charge >= 0.3 is 0 Å². The highest BCUT2D eigenvalue weighted by molar-refractivity contribution is 7.92. The molecule has 4 N–H and O–H groups in total. The van der Waals surface area contributed by atoms with Crippen molar-refractivity contribution in [1.29, 1.82) is 0 Å². The maximum atomic E-state index is 13.4. The van der Waals surface area contributed by atoms with E-state index in [1.54, 1.807) is 60.8 Å². The lowest BCUT2D eigenvalue weighted by atomic mass is 10.2. The van der Waals surface area contributed by atoms with Crippen molar-refractivity contribution in [3.63, 3.8) is 0 Å². The van der Waals surface area contributed by atoms with Gasteiger partial charge in [0.2, 0.25) is 5.91 Å². The summed E-state index contributed by atoms with van der Waals surface area (Å²) in [5.74, 6) is 0.0369. The third-order valence-corrected chi connectivity index (χ3v) is 7.02. The zero-order valence-electron chi connectivity index (χ0n) is 21.2. The van der Waals surface area contributed by atoms with Crippen LogP contribution in [0.4, 0.5) is 23.0 Å². The molecule has 0 bridgehead atoms. The number of hydrogen-bond acceptors (Lipinski definition) is 9. The summed E-state index contributed by atoms with van der Waals surface area (Å²) in [6, 6.07) is 22.6. The first-order chi connectivity index (χ1) is 19.3. The lowest BCUT2D eigenvalue weighted by Crippen LogP contribution is -2.18. The van der Waals surface area contributed by atoms with Gasteiger partial charge in [-0.15, -0.1) is 0 Å². The van der Waals surface area contributed by atoms with Crippen LogP contribution in [0, 0.1) is 0 Å². The molecule has 0 radical (unpaired) electrons. The molecule has 2 aromatic heterocycles. The Kier molecular flexibility index (Phi) is 7.42. The van der Waals surface area contributed by atoms with E-state index in [1.165, 1.54) is 37.4 Å². The van der Waals surface area contributed by atoms with Gasteiger partial charge in [-0.1, -0.05) is 24.3 Å². The van der Waals surface area contributed by atoms with Gasteiger partial charge in [-0.2, -0.15) is 0 Å². The average molecular weight is 557 g/mol. The number of aromatic hydroxyl groups is 1. The number of rotatable bonds is 9. The van der Waals surface area contributed by atoms with Gasteiger partial charge in [0.1, 0.15) is 11.5 Å². The number of sulfonamides is 1. The zero-order chi connectivity index (χ0) is 28.1. The number of phenols is 1. The highest BCUT2D eigenvalue weighted by Gasteiger charge is 2.20. The smallest absolute Gasteiger partial charge is 0.263 e. The second-order valence-corrected chi connectivity index (χ2v) is 10.3. The Hall–Kier alpha value is -5.23. The molecule has 5 aromatic rings. The van der Waals surface area contributed by atoms with Crippen LogP contribution in [-0.2, 0) is 21.2 Å². The van der Waals surface area contributed by atoms with E-state index >= 15 is 0 Å². The number of ether oxygens (including phenoxy) is 1. The van der Waals surface area contributed by atoms with Crippen LogP contribution >= 0.6 is 0 Å². The van der Waals surface area contributed by atoms with Crippen LogP contribution in [0.25, 0.3) is 11.0 Å². The molecule has 0 saturated heterocycles. The lowest BCUT2D eigenvalue weighted by molar-refractivity contribution is -0.115. The number of nitrogens with zero attached hydrogens (tertiary/aromatic N) is 3. The molecule has 0 aliphatic heterocycles. The van der Waals surface area contributed by atoms with E-state index in [2.05, 4.69) is 30.3 Å². The second kappa shape index (κ2) is 11.3. The Morgan fingerprint density at radius 2 is 1.62 bits per heavy atom. The number of fused-ring (bicyclic) bond motifs is 1. The predicted molar refractivity (Wildman–Crippen MR) is 151 cm³/mol. The lowest BCUT2D eigenvalue weighted by Gasteiger charge is -2.15. The number of para-hydroxylation sites is 2. The van der Waals surface area contributed by atoms with Gasteiger partial charge in [0, 0.05) is 41.5 Å². The summed E-state index contributed by atoms with van der Waals surface area (Å²) in [5.41, 5.74) is 2.29. The molecule has 12 heteroatoms. The van der Waals surface area contributed by atoms with Crippen molar-refractivity contribution in [1.82, 2.24) is 15.0 Å². The number of methoxy groups -OCH3 is 1. The minimum absolute atomic E-state index is 0.0393. The Morgan fingerprint density at radius 3 is 2.35 bits per heavy atom. The molecular formula is C28H24N6O5S. The summed E-state index contributed by atoms with van der Waals surface area (Å²) in [4.78, 5) is 25.5. The topological polar surface area (TPSA) is 155 Å². The van der Waals surface area contributed by atoms with Crippen LogP contribution in [0.3, 0.4) is 0 Å². The van der Waals surface area contributed by atoms with E-state index in [1.807, 2.05) is 0 Å². The van der Waals surface area contributed by atoms with Crippen LogP contribution in [0.15, 0.2) is 96.0 Å². The molecular weight excluding hydrogens is 532 g/mol. The number of pyridine rings is 1.